The Morgan fingerprint density at radius 1 is 1.60 bits per heavy atom. The lowest BCUT2D eigenvalue weighted by Gasteiger charge is -2.27. The summed E-state index contributed by atoms with van der Waals surface area (Å²) in [6.45, 7) is 4.00. The van der Waals surface area contributed by atoms with Gasteiger partial charge in [0.2, 0.25) is 0 Å². The Morgan fingerprint density at radius 3 is 2.90 bits per heavy atom. The third-order valence-corrected chi connectivity index (χ3v) is 1.66. The highest BCUT2D eigenvalue weighted by atomic mass is 16.6. The van der Waals surface area contributed by atoms with Gasteiger partial charge in [-0.3, -0.25) is 11.3 Å². The summed E-state index contributed by atoms with van der Waals surface area (Å²) in [4.78, 5) is 0. The average Bonchev–Trinajstić information content (AvgIpc) is 2.05. The van der Waals surface area contributed by atoms with Crippen molar-refractivity contribution >= 4 is 0 Å². The van der Waals surface area contributed by atoms with Gasteiger partial charge in [0, 0.05) is 6.04 Å². The highest BCUT2D eigenvalue weighted by Crippen LogP contribution is 2.03. The van der Waals surface area contributed by atoms with Crippen molar-refractivity contribution in [2.75, 3.05) is 19.8 Å². The molecule has 4 heteroatoms. The number of nitrogens with two attached hydrogens (primary N) is 1. The van der Waals surface area contributed by atoms with Crippen LogP contribution in [0.3, 0.4) is 0 Å². The van der Waals surface area contributed by atoms with Crippen LogP contribution in [0.2, 0.25) is 0 Å². The molecule has 0 radical (unpaired) electrons. The van der Waals surface area contributed by atoms with Crippen LogP contribution in [-0.2, 0) is 9.47 Å². The van der Waals surface area contributed by atoms with Crippen LogP contribution in [0.4, 0.5) is 0 Å². The molecule has 0 aromatic carbocycles. The van der Waals surface area contributed by atoms with Gasteiger partial charge in [0.15, 0.2) is 0 Å². The maximum absolute atomic E-state index is 5.36. The summed E-state index contributed by atoms with van der Waals surface area (Å²) >= 11 is 0. The van der Waals surface area contributed by atoms with Gasteiger partial charge in [0.05, 0.1) is 25.9 Å². The maximum atomic E-state index is 5.36. The molecule has 1 rings (SSSR count). The summed E-state index contributed by atoms with van der Waals surface area (Å²) in [7, 11) is 0. The molecule has 2 unspecified atom stereocenters. The smallest absolute Gasteiger partial charge is 0.0972 e. The minimum atomic E-state index is 0.110. The molecule has 0 aromatic rings. The molecule has 0 aliphatic carbocycles. The molecule has 1 aliphatic heterocycles. The summed E-state index contributed by atoms with van der Waals surface area (Å²) < 4.78 is 10.5. The van der Waals surface area contributed by atoms with Crippen LogP contribution in [0, 0.1) is 0 Å². The van der Waals surface area contributed by atoms with Crippen LogP contribution in [0.25, 0.3) is 0 Å². The van der Waals surface area contributed by atoms with Crippen molar-refractivity contribution in [1.29, 1.82) is 0 Å². The predicted octanol–water partition coefficient (Wildman–Crippen LogP) is -0.746. The molecule has 2 atom stereocenters. The summed E-state index contributed by atoms with van der Waals surface area (Å²) in [5, 5.41) is 0. The molecular weight excluding hydrogens is 132 g/mol. The quantitative estimate of drug-likeness (QED) is 0.398. The molecule has 4 nitrogen and oxygen atoms in total. The number of nitrogens with one attached hydrogen (secondary N) is 1. The van der Waals surface area contributed by atoms with Gasteiger partial charge in [-0.05, 0) is 6.92 Å². The fourth-order valence-corrected chi connectivity index (χ4v) is 0.902. The Labute approximate surface area is 60.6 Å². The lowest BCUT2D eigenvalue weighted by molar-refractivity contribution is -0.0990. The van der Waals surface area contributed by atoms with E-state index in [2.05, 4.69) is 5.43 Å². The predicted molar refractivity (Wildman–Crippen MR) is 37.3 cm³/mol. The van der Waals surface area contributed by atoms with Crippen LogP contribution in [0.5, 0.6) is 0 Å². The Balaban J connectivity index is 2.24. The zero-order chi connectivity index (χ0) is 7.40. The Bertz CT molecular complexity index is 93.7. The molecule has 1 saturated heterocycles. The van der Waals surface area contributed by atoms with Crippen molar-refractivity contribution in [2.45, 2.75) is 19.1 Å². The number of ether oxygens (including phenoxy) is 2. The van der Waals surface area contributed by atoms with Gasteiger partial charge in [-0.15, -0.1) is 0 Å². The lowest BCUT2D eigenvalue weighted by atomic mass is 10.2. The van der Waals surface area contributed by atoms with E-state index in [4.69, 9.17) is 15.3 Å². The van der Waals surface area contributed by atoms with Crippen molar-refractivity contribution in [3.8, 4) is 0 Å². The van der Waals surface area contributed by atoms with Crippen molar-refractivity contribution in [3.05, 3.63) is 0 Å². The van der Waals surface area contributed by atoms with Gasteiger partial charge in [-0.1, -0.05) is 0 Å². The van der Waals surface area contributed by atoms with Gasteiger partial charge in [-0.25, -0.2) is 0 Å². The zero-order valence-corrected chi connectivity index (χ0v) is 6.17. The fourth-order valence-electron chi connectivity index (χ4n) is 0.902. The van der Waals surface area contributed by atoms with Gasteiger partial charge >= 0.3 is 0 Å². The van der Waals surface area contributed by atoms with Crippen molar-refractivity contribution < 1.29 is 9.47 Å². The van der Waals surface area contributed by atoms with Crippen molar-refractivity contribution in [3.63, 3.8) is 0 Å². The van der Waals surface area contributed by atoms with E-state index in [-0.39, 0.29) is 12.1 Å². The van der Waals surface area contributed by atoms with Gasteiger partial charge in [0.25, 0.3) is 0 Å². The summed E-state index contributed by atoms with van der Waals surface area (Å²) in [5.41, 5.74) is 2.63. The zero-order valence-electron chi connectivity index (χ0n) is 6.17. The first-order valence-corrected chi connectivity index (χ1v) is 3.50. The summed E-state index contributed by atoms with van der Waals surface area (Å²) in [5.74, 6) is 5.22. The van der Waals surface area contributed by atoms with E-state index < -0.39 is 0 Å². The van der Waals surface area contributed by atoms with Crippen molar-refractivity contribution in [1.82, 2.24) is 5.43 Å². The van der Waals surface area contributed by atoms with E-state index in [1.807, 2.05) is 6.92 Å². The van der Waals surface area contributed by atoms with E-state index in [1.165, 1.54) is 0 Å². The fraction of sp³-hybridized carbons (Fsp3) is 1.00. The third-order valence-electron chi connectivity index (χ3n) is 1.66. The summed E-state index contributed by atoms with van der Waals surface area (Å²) in [6.07, 6.45) is 0.110. The molecular formula is C6H14N2O2. The first-order chi connectivity index (χ1) is 4.84. The SMILES string of the molecule is CC(NN)C1COCCO1. The summed E-state index contributed by atoms with van der Waals surface area (Å²) in [6, 6.07) is 0.167. The van der Waals surface area contributed by atoms with E-state index in [9.17, 15) is 0 Å². The maximum Gasteiger partial charge on any atom is 0.0972 e. The topological polar surface area (TPSA) is 56.5 Å². The molecule has 60 valence electrons. The van der Waals surface area contributed by atoms with Crippen LogP contribution in [0.15, 0.2) is 0 Å². The molecule has 0 saturated carbocycles. The molecule has 1 aliphatic rings. The van der Waals surface area contributed by atoms with E-state index >= 15 is 0 Å². The molecule has 1 heterocycles. The number of hydrogen-bond acceptors (Lipinski definition) is 4. The molecule has 0 spiro atoms. The van der Waals surface area contributed by atoms with Crippen LogP contribution in [-0.4, -0.2) is 32.0 Å². The molecule has 0 amide bonds. The standard InChI is InChI=1S/C6H14N2O2/c1-5(8-7)6-4-9-2-3-10-6/h5-6,8H,2-4,7H2,1H3. The highest BCUT2D eigenvalue weighted by molar-refractivity contribution is 4.71. The Kier molecular flexibility index (Phi) is 3.08. The Hall–Kier alpha value is -0.160. The number of hydrogen-bond donors (Lipinski definition) is 2. The average molecular weight is 146 g/mol. The normalized spacial score (nSPS) is 30.0. The number of rotatable bonds is 2. The van der Waals surface area contributed by atoms with E-state index in [0.717, 1.165) is 0 Å². The Morgan fingerprint density at radius 2 is 2.40 bits per heavy atom. The van der Waals surface area contributed by atoms with Gasteiger partial charge < -0.3 is 9.47 Å². The molecule has 0 bridgehead atoms. The largest absolute Gasteiger partial charge is 0.376 e. The van der Waals surface area contributed by atoms with Crippen LogP contribution in [0.1, 0.15) is 6.92 Å². The lowest BCUT2D eigenvalue weighted by Crippen LogP contribution is -2.47. The molecule has 3 N–H and O–H groups in total. The van der Waals surface area contributed by atoms with Crippen molar-refractivity contribution in [2.24, 2.45) is 5.84 Å². The second-order valence-electron chi connectivity index (χ2n) is 2.44. The first kappa shape index (κ1) is 7.94. The van der Waals surface area contributed by atoms with Crippen LogP contribution < -0.4 is 11.3 Å². The second-order valence-corrected chi connectivity index (χ2v) is 2.44. The molecule has 0 aromatic heterocycles. The number of hydrazine groups is 1. The minimum absolute atomic E-state index is 0.110. The third kappa shape index (κ3) is 1.91. The van der Waals surface area contributed by atoms with Gasteiger partial charge in [0.1, 0.15) is 0 Å². The van der Waals surface area contributed by atoms with E-state index in [1.54, 1.807) is 0 Å². The second kappa shape index (κ2) is 3.88. The van der Waals surface area contributed by atoms with Crippen LogP contribution >= 0.6 is 0 Å². The first-order valence-electron chi connectivity index (χ1n) is 3.50. The minimum Gasteiger partial charge on any atom is -0.376 e. The highest BCUT2D eigenvalue weighted by Gasteiger charge is 2.19. The monoisotopic (exact) mass is 146 g/mol. The van der Waals surface area contributed by atoms with E-state index in [0.29, 0.717) is 19.8 Å². The molecule has 1 fully saturated rings. The van der Waals surface area contributed by atoms with Gasteiger partial charge in [-0.2, -0.15) is 0 Å². The molecule has 10 heavy (non-hydrogen) atoms.